The topological polar surface area (TPSA) is 45.4 Å². The zero-order valence-electron chi connectivity index (χ0n) is 10.3. The Bertz CT molecular complexity index is 583. The first kappa shape index (κ1) is 11.7. The predicted molar refractivity (Wildman–Crippen MR) is 65.5 cm³/mol. The fraction of sp³-hybridized carbons (Fsp3) is 0.417. The van der Waals surface area contributed by atoms with Gasteiger partial charge in [-0.2, -0.15) is 0 Å². The first-order chi connectivity index (χ1) is 8.15. The fourth-order valence-corrected chi connectivity index (χ4v) is 1.82. The molecule has 0 bridgehead atoms. The number of benzene rings is 1. The molecule has 5 nitrogen and oxygen atoms in total. The van der Waals surface area contributed by atoms with E-state index in [2.05, 4.69) is 0 Å². The summed E-state index contributed by atoms with van der Waals surface area (Å²) in [6.45, 7) is 1.05. The highest BCUT2D eigenvalue weighted by Crippen LogP contribution is 2.19. The summed E-state index contributed by atoms with van der Waals surface area (Å²) in [6, 6.07) is 5.61. The average molecular weight is 236 g/mol. The summed E-state index contributed by atoms with van der Waals surface area (Å²) in [5, 5.41) is 0. The molecule has 0 amide bonds. The number of aryl methyl sites for hydroxylation is 2. The second-order valence-electron chi connectivity index (χ2n) is 3.89. The monoisotopic (exact) mass is 236 g/mol. The van der Waals surface area contributed by atoms with Gasteiger partial charge >= 0.3 is 5.69 Å². The van der Waals surface area contributed by atoms with Crippen molar-refractivity contribution in [3.63, 3.8) is 0 Å². The highest BCUT2D eigenvalue weighted by Gasteiger charge is 2.08. The normalized spacial score (nSPS) is 11.0. The van der Waals surface area contributed by atoms with E-state index in [0.29, 0.717) is 13.2 Å². The van der Waals surface area contributed by atoms with Gasteiger partial charge in [-0.05, 0) is 12.1 Å². The molecule has 0 N–H and O–H groups in total. The minimum Gasteiger partial charge on any atom is -0.491 e. The average Bonchev–Trinajstić information content (AvgIpc) is 2.55. The highest BCUT2D eigenvalue weighted by atomic mass is 16.5. The van der Waals surface area contributed by atoms with Crippen molar-refractivity contribution in [3.8, 4) is 5.75 Å². The van der Waals surface area contributed by atoms with Crippen molar-refractivity contribution in [1.29, 1.82) is 0 Å². The molecule has 0 saturated heterocycles. The molecule has 5 heteroatoms. The summed E-state index contributed by atoms with van der Waals surface area (Å²) < 4.78 is 13.7. The molecule has 2 aromatic rings. The van der Waals surface area contributed by atoms with Crippen molar-refractivity contribution in [2.75, 3.05) is 20.3 Å². The van der Waals surface area contributed by atoms with Crippen molar-refractivity contribution >= 4 is 11.0 Å². The van der Waals surface area contributed by atoms with E-state index in [9.17, 15) is 4.79 Å². The second-order valence-corrected chi connectivity index (χ2v) is 3.89. The number of methoxy groups -OCH3 is 1. The summed E-state index contributed by atoms with van der Waals surface area (Å²) in [5.41, 5.74) is 1.73. The van der Waals surface area contributed by atoms with Crippen LogP contribution in [0, 0.1) is 0 Å². The molecular weight excluding hydrogens is 220 g/mol. The molecule has 0 spiro atoms. The van der Waals surface area contributed by atoms with E-state index in [1.807, 2.05) is 18.2 Å². The van der Waals surface area contributed by atoms with Crippen LogP contribution in [0.2, 0.25) is 0 Å². The van der Waals surface area contributed by atoms with Gasteiger partial charge in [0, 0.05) is 27.3 Å². The zero-order chi connectivity index (χ0) is 12.4. The standard InChI is InChI=1S/C12H16N2O3/c1-13-10-5-4-9(17-7-6-16-3)8-11(10)14(2)12(13)15/h4-5,8H,6-7H2,1-3H3. The molecule has 0 saturated carbocycles. The lowest BCUT2D eigenvalue weighted by molar-refractivity contribution is 0.146. The van der Waals surface area contributed by atoms with Gasteiger partial charge < -0.3 is 9.47 Å². The number of aromatic nitrogens is 2. The van der Waals surface area contributed by atoms with E-state index in [-0.39, 0.29) is 5.69 Å². The van der Waals surface area contributed by atoms with Crippen LogP contribution in [0.4, 0.5) is 0 Å². The molecule has 1 heterocycles. The Morgan fingerprint density at radius 1 is 1.12 bits per heavy atom. The van der Waals surface area contributed by atoms with Crippen molar-refractivity contribution in [3.05, 3.63) is 28.7 Å². The summed E-state index contributed by atoms with van der Waals surface area (Å²) in [5.74, 6) is 0.746. The maximum absolute atomic E-state index is 11.7. The molecule has 0 unspecified atom stereocenters. The Kier molecular flexibility index (Phi) is 3.19. The molecule has 1 aromatic heterocycles. The van der Waals surface area contributed by atoms with E-state index in [1.165, 1.54) is 0 Å². The van der Waals surface area contributed by atoms with Crippen LogP contribution in [0.15, 0.2) is 23.0 Å². The third kappa shape index (κ3) is 2.06. The number of imidazole rings is 1. The van der Waals surface area contributed by atoms with Gasteiger partial charge in [0.15, 0.2) is 0 Å². The smallest absolute Gasteiger partial charge is 0.328 e. The minimum atomic E-state index is -0.0333. The van der Waals surface area contributed by atoms with Crippen LogP contribution in [0.3, 0.4) is 0 Å². The zero-order valence-corrected chi connectivity index (χ0v) is 10.3. The molecule has 92 valence electrons. The lowest BCUT2D eigenvalue weighted by Crippen LogP contribution is -2.19. The molecule has 0 radical (unpaired) electrons. The molecule has 0 atom stereocenters. The summed E-state index contributed by atoms with van der Waals surface area (Å²) in [4.78, 5) is 11.7. The van der Waals surface area contributed by atoms with Crippen LogP contribution >= 0.6 is 0 Å². The summed E-state index contributed by atoms with van der Waals surface area (Å²) >= 11 is 0. The predicted octanol–water partition coefficient (Wildman–Crippen LogP) is 0.902. The Morgan fingerprint density at radius 3 is 2.53 bits per heavy atom. The number of rotatable bonds is 4. The minimum absolute atomic E-state index is 0.0333. The van der Waals surface area contributed by atoms with E-state index < -0.39 is 0 Å². The molecule has 0 aliphatic rings. The van der Waals surface area contributed by atoms with Crippen molar-refractivity contribution in [2.24, 2.45) is 14.1 Å². The molecule has 0 fully saturated rings. The van der Waals surface area contributed by atoms with Gasteiger partial charge in [0.05, 0.1) is 17.6 Å². The second kappa shape index (κ2) is 4.63. The van der Waals surface area contributed by atoms with Crippen LogP contribution in [0.25, 0.3) is 11.0 Å². The van der Waals surface area contributed by atoms with Crippen molar-refractivity contribution in [1.82, 2.24) is 9.13 Å². The maximum Gasteiger partial charge on any atom is 0.328 e. The summed E-state index contributed by atoms with van der Waals surface area (Å²) in [7, 11) is 5.15. The van der Waals surface area contributed by atoms with Gasteiger partial charge in [-0.3, -0.25) is 9.13 Å². The number of fused-ring (bicyclic) bond motifs is 1. The van der Waals surface area contributed by atoms with Gasteiger partial charge in [0.1, 0.15) is 12.4 Å². The van der Waals surface area contributed by atoms with E-state index in [0.717, 1.165) is 16.8 Å². The van der Waals surface area contributed by atoms with Crippen LogP contribution in [0.1, 0.15) is 0 Å². The number of hydrogen-bond donors (Lipinski definition) is 0. The summed E-state index contributed by atoms with van der Waals surface area (Å²) in [6.07, 6.45) is 0. The molecule has 0 aliphatic heterocycles. The molecule has 2 rings (SSSR count). The highest BCUT2D eigenvalue weighted by molar-refractivity contribution is 5.77. The Labute approximate surface area is 99.2 Å². The third-order valence-electron chi connectivity index (χ3n) is 2.80. The molecule has 17 heavy (non-hydrogen) atoms. The van der Waals surface area contributed by atoms with Gasteiger partial charge in [0.25, 0.3) is 0 Å². The first-order valence-electron chi connectivity index (χ1n) is 5.42. The van der Waals surface area contributed by atoms with E-state index in [4.69, 9.17) is 9.47 Å². The van der Waals surface area contributed by atoms with Gasteiger partial charge in [-0.15, -0.1) is 0 Å². The number of hydrogen-bond acceptors (Lipinski definition) is 3. The number of nitrogens with zero attached hydrogens (tertiary/aromatic N) is 2. The van der Waals surface area contributed by atoms with E-state index in [1.54, 1.807) is 30.3 Å². The van der Waals surface area contributed by atoms with Gasteiger partial charge in [0.2, 0.25) is 0 Å². The lowest BCUT2D eigenvalue weighted by atomic mass is 10.3. The lowest BCUT2D eigenvalue weighted by Gasteiger charge is -2.05. The van der Waals surface area contributed by atoms with E-state index >= 15 is 0 Å². The number of ether oxygens (including phenoxy) is 2. The van der Waals surface area contributed by atoms with Crippen LogP contribution in [-0.4, -0.2) is 29.5 Å². The molecule has 1 aromatic carbocycles. The largest absolute Gasteiger partial charge is 0.491 e. The first-order valence-corrected chi connectivity index (χ1v) is 5.42. The Hall–Kier alpha value is -1.75. The quantitative estimate of drug-likeness (QED) is 0.741. The van der Waals surface area contributed by atoms with Crippen LogP contribution in [0.5, 0.6) is 5.75 Å². The molecule has 0 aliphatic carbocycles. The Balaban J connectivity index is 2.37. The molecular formula is C12H16N2O3. The third-order valence-corrected chi connectivity index (χ3v) is 2.80. The van der Waals surface area contributed by atoms with Crippen LogP contribution < -0.4 is 10.4 Å². The van der Waals surface area contributed by atoms with Crippen molar-refractivity contribution in [2.45, 2.75) is 0 Å². The fourth-order valence-electron chi connectivity index (χ4n) is 1.82. The Morgan fingerprint density at radius 2 is 1.82 bits per heavy atom. The van der Waals surface area contributed by atoms with Gasteiger partial charge in [-0.25, -0.2) is 4.79 Å². The maximum atomic E-state index is 11.7. The van der Waals surface area contributed by atoms with Crippen molar-refractivity contribution < 1.29 is 9.47 Å². The SMILES string of the molecule is COCCOc1ccc2c(c1)n(C)c(=O)n2C. The van der Waals surface area contributed by atoms with Gasteiger partial charge in [-0.1, -0.05) is 0 Å². The van der Waals surface area contributed by atoms with Crippen LogP contribution in [-0.2, 0) is 18.8 Å².